The third kappa shape index (κ3) is 1.26. The second-order valence-electron chi connectivity index (χ2n) is 3.54. The number of aromatic nitrogens is 2. The molecule has 1 aromatic rings. The Labute approximate surface area is 81.3 Å². The van der Waals surface area contributed by atoms with Crippen LogP contribution >= 0.6 is 0 Å². The van der Waals surface area contributed by atoms with Gasteiger partial charge in [0.1, 0.15) is 5.82 Å². The van der Waals surface area contributed by atoms with Gasteiger partial charge in [-0.3, -0.25) is 9.78 Å². The molecule has 3 N–H and O–H groups in total. The van der Waals surface area contributed by atoms with E-state index in [1.54, 1.807) is 0 Å². The highest BCUT2D eigenvalue weighted by molar-refractivity contribution is 5.69. The second kappa shape index (κ2) is 2.87. The van der Waals surface area contributed by atoms with Crippen LogP contribution in [0.2, 0.25) is 0 Å². The third-order valence-electron chi connectivity index (χ3n) is 2.19. The van der Waals surface area contributed by atoms with Gasteiger partial charge in [-0.15, -0.1) is 0 Å². The van der Waals surface area contributed by atoms with Crippen molar-refractivity contribution in [2.75, 3.05) is 24.2 Å². The minimum absolute atomic E-state index is 0.161. The summed E-state index contributed by atoms with van der Waals surface area (Å²) in [5.41, 5.74) is 7.01. The summed E-state index contributed by atoms with van der Waals surface area (Å²) in [6.07, 6.45) is 1.85. The van der Waals surface area contributed by atoms with E-state index < -0.39 is 0 Å². The highest BCUT2D eigenvalue weighted by Gasteiger charge is 2.17. The molecule has 0 aliphatic carbocycles. The SMILES string of the molecule is CC1=Cc2c(nc(N)[nH]c2=O)N(C)C1. The van der Waals surface area contributed by atoms with E-state index in [4.69, 9.17) is 5.73 Å². The van der Waals surface area contributed by atoms with E-state index in [0.29, 0.717) is 11.4 Å². The molecular formula is C9H12N4O. The van der Waals surface area contributed by atoms with Gasteiger partial charge in [0.2, 0.25) is 5.95 Å². The molecule has 0 atom stereocenters. The zero-order valence-electron chi connectivity index (χ0n) is 8.16. The van der Waals surface area contributed by atoms with Crippen LogP contribution in [0.15, 0.2) is 10.4 Å². The van der Waals surface area contributed by atoms with Gasteiger partial charge in [-0.2, -0.15) is 4.98 Å². The normalized spacial score (nSPS) is 15.0. The van der Waals surface area contributed by atoms with Crippen molar-refractivity contribution in [3.05, 3.63) is 21.5 Å². The lowest BCUT2D eigenvalue weighted by Crippen LogP contribution is -2.29. The number of fused-ring (bicyclic) bond motifs is 1. The van der Waals surface area contributed by atoms with E-state index in [0.717, 1.165) is 12.1 Å². The summed E-state index contributed by atoms with van der Waals surface area (Å²) in [7, 11) is 1.89. The number of nitrogens with zero attached hydrogens (tertiary/aromatic N) is 2. The number of likely N-dealkylation sites (N-methyl/N-ethyl adjacent to an activating group) is 1. The number of nitrogens with two attached hydrogens (primary N) is 1. The van der Waals surface area contributed by atoms with Crippen LogP contribution in [0.5, 0.6) is 0 Å². The number of rotatable bonds is 0. The molecule has 0 aromatic carbocycles. The summed E-state index contributed by atoms with van der Waals surface area (Å²) in [5.74, 6) is 0.811. The maximum atomic E-state index is 11.5. The molecule has 74 valence electrons. The highest BCUT2D eigenvalue weighted by atomic mass is 16.1. The predicted octanol–water partition coefficient (Wildman–Crippen LogP) is 0.205. The maximum absolute atomic E-state index is 11.5. The lowest BCUT2D eigenvalue weighted by molar-refractivity contribution is 0.922. The smallest absolute Gasteiger partial charge is 0.261 e. The van der Waals surface area contributed by atoms with Crippen molar-refractivity contribution in [3.63, 3.8) is 0 Å². The van der Waals surface area contributed by atoms with Crippen molar-refractivity contribution in [2.45, 2.75) is 6.92 Å². The van der Waals surface area contributed by atoms with Crippen LogP contribution in [0.4, 0.5) is 11.8 Å². The number of hydrogen-bond acceptors (Lipinski definition) is 4. The molecule has 1 aromatic heterocycles. The van der Waals surface area contributed by atoms with E-state index in [2.05, 4.69) is 9.97 Å². The minimum Gasteiger partial charge on any atom is -0.369 e. The van der Waals surface area contributed by atoms with Gasteiger partial charge < -0.3 is 10.6 Å². The van der Waals surface area contributed by atoms with Crippen molar-refractivity contribution < 1.29 is 0 Å². The number of H-pyrrole nitrogens is 1. The van der Waals surface area contributed by atoms with Crippen LogP contribution in [0.1, 0.15) is 12.5 Å². The van der Waals surface area contributed by atoms with Crippen molar-refractivity contribution in [1.82, 2.24) is 9.97 Å². The molecule has 0 saturated heterocycles. The van der Waals surface area contributed by atoms with Crippen molar-refractivity contribution >= 4 is 17.8 Å². The first-order valence-corrected chi connectivity index (χ1v) is 4.36. The summed E-state index contributed by atoms with van der Waals surface area (Å²) >= 11 is 0. The van der Waals surface area contributed by atoms with Gasteiger partial charge in [0.05, 0.1) is 5.56 Å². The molecule has 5 heteroatoms. The van der Waals surface area contributed by atoms with Crippen LogP contribution in [-0.2, 0) is 0 Å². The second-order valence-corrected chi connectivity index (χ2v) is 3.54. The largest absolute Gasteiger partial charge is 0.369 e. The Bertz CT molecular complexity index is 460. The fraction of sp³-hybridized carbons (Fsp3) is 0.333. The Hall–Kier alpha value is -1.78. The Morgan fingerprint density at radius 2 is 2.36 bits per heavy atom. The van der Waals surface area contributed by atoms with Crippen LogP contribution in [-0.4, -0.2) is 23.6 Å². The molecule has 1 aliphatic rings. The van der Waals surface area contributed by atoms with Crippen LogP contribution < -0.4 is 16.2 Å². The summed E-state index contributed by atoms with van der Waals surface area (Å²) in [5, 5.41) is 0. The van der Waals surface area contributed by atoms with Gasteiger partial charge in [0.15, 0.2) is 0 Å². The standard InChI is InChI=1S/C9H12N4O/c1-5-3-6-7(13(2)4-5)11-9(10)12-8(6)14/h3H,4H2,1-2H3,(H3,10,11,12,14). The molecule has 0 amide bonds. The van der Waals surface area contributed by atoms with Crippen LogP contribution in [0.3, 0.4) is 0 Å². The number of anilines is 2. The molecule has 0 unspecified atom stereocenters. The van der Waals surface area contributed by atoms with E-state index in [1.165, 1.54) is 0 Å². The molecule has 2 rings (SSSR count). The summed E-state index contributed by atoms with van der Waals surface area (Å²) in [4.78, 5) is 20.0. The highest BCUT2D eigenvalue weighted by Crippen LogP contribution is 2.22. The summed E-state index contributed by atoms with van der Waals surface area (Å²) in [6.45, 7) is 2.76. The number of nitrogen functional groups attached to an aromatic ring is 1. The van der Waals surface area contributed by atoms with Gasteiger partial charge in [-0.25, -0.2) is 0 Å². The van der Waals surface area contributed by atoms with Gasteiger partial charge >= 0.3 is 0 Å². The monoisotopic (exact) mass is 192 g/mol. The molecule has 0 fully saturated rings. The van der Waals surface area contributed by atoms with E-state index in [1.807, 2.05) is 24.9 Å². The Balaban J connectivity index is 2.72. The van der Waals surface area contributed by atoms with Crippen LogP contribution in [0, 0.1) is 0 Å². The zero-order valence-corrected chi connectivity index (χ0v) is 8.16. The molecule has 2 heterocycles. The molecule has 1 aliphatic heterocycles. The number of hydrogen-bond donors (Lipinski definition) is 2. The minimum atomic E-state index is -0.182. The zero-order chi connectivity index (χ0) is 10.3. The van der Waals surface area contributed by atoms with Crippen LogP contribution in [0.25, 0.3) is 6.08 Å². The molecule has 14 heavy (non-hydrogen) atoms. The molecule has 0 spiro atoms. The lowest BCUT2D eigenvalue weighted by atomic mass is 10.1. The van der Waals surface area contributed by atoms with Crippen molar-refractivity contribution in [3.8, 4) is 0 Å². The molecule has 5 nitrogen and oxygen atoms in total. The first-order chi connectivity index (χ1) is 6.58. The van der Waals surface area contributed by atoms with Gasteiger partial charge in [-0.05, 0) is 13.0 Å². The van der Waals surface area contributed by atoms with Gasteiger partial charge in [0.25, 0.3) is 5.56 Å². The lowest BCUT2D eigenvalue weighted by Gasteiger charge is -2.24. The number of aromatic amines is 1. The Morgan fingerprint density at radius 3 is 3.07 bits per heavy atom. The maximum Gasteiger partial charge on any atom is 0.261 e. The fourth-order valence-corrected chi connectivity index (χ4v) is 1.65. The average molecular weight is 192 g/mol. The number of nitrogens with one attached hydrogen (secondary N) is 1. The van der Waals surface area contributed by atoms with Gasteiger partial charge in [0, 0.05) is 13.6 Å². The van der Waals surface area contributed by atoms with Gasteiger partial charge in [-0.1, -0.05) is 5.57 Å². The summed E-state index contributed by atoms with van der Waals surface area (Å²) in [6, 6.07) is 0. The van der Waals surface area contributed by atoms with E-state index >= 15 is 0 Å². The molecule has 0 saturated carbocycles. The molecule has 0 radical (unpaired) electrons. The predicted molar refractivity (Wildman–Crippen MR) is 56.2 cm³/mol. The Morgan fingerprint density at radius 1 is 1.64 bits per heavy atom. The topological polar surface area (TPSA) is 75.0 Å². The molecule has 0 bridgehead atoms. The quantitative estimate of drug-likeness (QED) is 0.616. The van der Waals surface area contributed by atoms with Crippen molar-refractivity contribution in [1.29, 1.82) is 0 Å². The first-order valence-electron chi connectivity index (χ1n) is 4.36. The van der Waals surface area contributed by atoms with Crippen molar-refractivity contribution in [2.24, 2.45) is 0 Å². The van der Waals surface area contributed by atoms with E-state index in [9.17, 15) is 4.79 Å². The van der Waals surface area contributed by atoms with E-state index in [-0.39, 0.29) is 11.5 Å². The first kappa shape index (κ1) is 8.80. The fourth-order valence-electron chi connectivity index (χ4n) is 1.65. The molecular weight excluding hydrogens is 180 g/mol. The third-order valence-corrected chi connectivity index (χ3v) is 2.19. The summed E-state index contributed by atoms with van der Waals surface area (Å²) < 4.78 is 0. The average Bonchev–Trinajstić information content (AvgIpc) is 2.07. The Kier molecular flexibility index (Phi) is 1.80.